The summed E-state index contributed by atoms with van der Waals surface area (Å²) in [5.41, 5.74) is 1.38. The zero-order valence-corrected chi connectivity index (χ0v) is 7.96. The van der Waals surface area contributed by atoms with Crippen molar-refractivity contribution < 1.29 is 18.7 Å². The average Bonchev–Trinajstić information content (AvgIpc) is 2.15. The molecule has 0 aliphatic heterocycles. The monoisotopic (exact) mass is 212 g/mol. The average molecular weight is 212 g/mol. The third-order valence-electron chi connectivity index (χ3n) is 2.66. The van der Waals surface area contributed by atoms with Crippen molar-refractivity contribution in [3.8, 4) is 0 Å². The number of carboxylic acid groups (broad SMARTS) is 1. The van der Waals surface area contributed by atoms with E-state index in [4.69, 9.17) is 5.11 Å². The van der Waals surface area contributed by atoms with Crippen molar-refractivity contribution in [3.05, 3.63) is 34.9 Å². The lowest BCUT2D eigenvalue weighted by molar-refractivity contribution is -0.0122. The lowest BCUT2D eigenvalue weighted by atomic mass is 9.88. The molecule has 0 bridgehead atoms. The van der Waals surface area contributed by atoms with Crippen LogP contribution >= 0.6 is 0 Å². The maximum absolute atomic E-state index is 13.1. The van der Waals surface area contributed by atoms with Crippen molar-refractivity contribution in [2.45, 2.75) is 25.2 Å². The zero-order valence-electron chi connectivity index (χ0n) is 7.96. The van der Waals surface area contributed by atoms with Gasteiger partial charge in [0.25, 0.3) is 5.92 Å². The van der Waals surface area contributed by atoms with Gasteiger partial charge in [-0.3, -0.25) is 0 Å². The van der Waals surface area contributed by atoms with Crippen LogP contribution in [0.3, 0.4) is 0 Å². The molecular weight excluding hydrogens is 202 g/mol. The van der Waals surface area contributed by atoms with E-state index < -0.39 is 11.9 Å². The molecule has 2 rings (SSSR count). The molecule has 0 saturated heterocycles. The minimum absolute atomic E-state index is 0.0754. The van der Waals surface area contributed by atoms with Gasteiger partial charge in [-0.25, -0.2) is 13.6 Å². The zero-order chi connectivity index (χ0) is 11.1. The van der Waals surface area contributed by atoms with Gasteiger partial charge in [0, 0.05) is 12.8 Å². The Labute approximate surface area is 85.5 Å². The van der Waals surface area contributed by atoms with Crippen molar-refractivity contribution in [1.82, 2.24) is 0 Å². The van der Waals surface area contributed by atoms with Crippen LogP contribution in [-0.2, 0) is 12.8 Å². The Kier molecular flexibility index (Phi) is 2.21. The van der Waals surface area contributed by atoms with Gasteiger partial charge >= 0.3 is 5.97 Å². The molecule has 1 aromatic carbocycles. The second-order valence-electron chi connectivity index (χ2n) is 3.82. The first-order chi connectivity index (χ1) is 6.98. The molecule has 0 radical (unpaired) electrons. The molecule has 1 N–H and O–H groups in total. The molecule has 0 amide bonds. The van der Waals surface area contributed by atoms with Gasteiger partial charge in [-0.1, -0.05) is 6.07 Å². The maximum atomic E-state index is 13.1. The van der Waals surface area contributed by atoms with E-state index in [1.54, 1.807) is 6.07 Å². The van der Waals surface area contributed by atoms with Crippen LogP contribution in [0.25, 0.3) is 0 Å². The summed E-state index contributed by atoms with van der Waals surface area (Å²) in [7, 11) is 0. The van der Waals surface area contributed by atoms with Crippen LogP contribution in [0.5, 0.6) is 0 Å². The molecule has 15 heavy (non-hydrogen) atoms. The van der Waals surface area contributed by atoms with Gasteiger partial charge in [0.2, 0.25) is 0 Å². The van der Waals surface area contributed by atoms with E-state index in [1.807, 2.05) is 0 Å². The number of carboxylic acids is 1. The number of fused-ring (bicyclic) bond motifs is 1. The Morgan fingerprint density at radius 3 is 2.73 bits per heavy atom. The Hall–Kier alpha value is -1.45. The predicted molar refractivity (Wildman–Crippen MR) is 50.4 cm³/mol. The van der Waals surface area contributed by atoms with Crippen molar-refractivity contribution in [2.75, 3.05) is 0 Å². The summed E-state index contributed by atoms with van der Waals surface area (Å²) in [6.07, 6.45) is -0.169. The number of hydrogen-bond acceptors (Lipinski definition) is 1. The summed E-state index contributed by atoms with van der Waals surface area (Å²) < 4.78 is 26.1. The first-order valence-corrected chi connectivity index (χ1v) is 4.71. The normalized spacial score (nSPS) is 18.3. The van der Waals surface area contributed by atoms with E-state index in [9.17, 15) is 13.6 Å². The first-order valence-electron chi connectivity index (χ1n) is 4.71. The summed E-state index contributed by atoms with van der Waals surface area (Å²) in [5, 5.41) is 8.73. The van der Waals surface area contributed by atoms with E-state index in [-0.39, 0.29) is 18.4 Å². The number of halogens is 2. The van der Waals surface area contributed by atoms with Crippen molar-refractivity contribution >= 4 is 5.97 Å². The van der Waals surface area contributed by atoms with Crippen LogP contribution < -0.4 is 0 Å². The number of aryl methyl sites for hydroxylation is 1. The molecule has 1 aromatic rings. The predicted octanol–water partition coefficient (Wildman–Crippen LogP) is 2.51. The van der Waals surface area contributed by atoms with Gasteiger partial charge in [0.1, 0.15) is 0 Å². The maximum Gasteiger partial charge on any atom is 0.335 e. The molecule has 0 saturated carbocycles. The molecule has 1 aliphatic carbocycles. The standard InChI is InChI=1S/C11H10F2O2/c12-11(13)4-3-7-1-2-8(10(14)15)5-9(7)6-11/h1-2,5H,3-4,6H2,(H,14,15). The Balaban J connectivity index is 2.39. The molecule has 0 aromatic heterocycles. The van der Waals surface area contributed by atoms with Crippen LogP contribution in [0.1, 0.15) is 27.9 Å². The Morgan fingerprint density at radius 1 is 1.33 bits per heavy atom. The molecule has 0 fully saturated rings. The topological polar surface area (TPSA) is 37.3 Å². The number of carbonyl (C=O) groups is 1. The molecule has 0 heterocycles. The van der Waals surface area contributed by atoms with Gasteiger partial charge in [0.05, 0.1) is 5.56 Å². The fraction of sp³-hybridized carbons (Fsp3) is 0.364. The van der Waals surface area contributed by atoms with E-state index in [0.29, 0.717) is 12.0 Å². The van der Waals surface area contributed by atoms with Crippen LogP contribution in [0.2, 0.25) is 0 Å². The molecule has 2 nitrogen and oxygen atoms in total. The molecule has 0 unspecified atom stereocenters. The van der Waals surface area contributed by atoms with Crippen molar-refractivity contribution in [3.63, 3.8) is 0 Å². The summed E-state index contributed by atoms with van der Waals surface area (Å²) >= 11 is 0. The molecular formula is C11H10F2O2. The first kappa shape index (κ1) is 10.1. The number of benzene rings is 1. The minimum atomic E-state index is -2.69. The SMILES string of the molecule is O=C(O)c1ccc2c(c1)CC(F)(F)CC2. The number of hydrogen-bond donors (Lipinski definition) is 1. The second kappa shape index (κ2) is 3.29. The second-order valence-corrected chi connectivity index (χ2v) is 3.82. The van der Waals surface area contributed by atoms with Gasteiger partial charge < -0.3 is 5.11 Å². The van der Waals surface area contributed by atoms with E-state index in [0.717, 1.165) is 5.56 Å². The van der Waals surface area contributed by atoms with E-state index in [1.165, 1.54) is 12.1 Å². The number of aromatic carboxylic acids is 1. The lowest BCUT2D eigenvalue weighted by Gasteiger charge is -2.24. The fourth-order valence-corrected chi connectivity index (χ4v) is 1.85. The Bertz CT molecular complexity index is 413. The van der Waals surface area contributed by atoms with Crippen molar-refractivity contribution in [2.24, 2.45) is 0 Å². The van der Waals surface area contributed by atoms with Gasteiger partial charge in [0.15, 0.2) is 0 Å². The highest BCUT2D eigenvalue weighted by molar-refractivity contribution is 5.87. The third kappa shape index (κ3) is 1.98. The molecule has 0 spiro atoms. The van der Waals surface area contributed by atoms with Gasteiger partial charge in [-0.2, -0.15) is 0 Å². The van der Waals surface area contributed by atoms with E-state index >= 15 is 0 Å². The van der Waals surface area contributed by atoms with Gasteiger partial charge in [-0.05, 0) is 29.7 Å². The summed E-state index contributed by atoms with van der Waals surface area (Å²) in [5.74, 6) is -3.77. The number of rotatable bonds is 1. The molecule has 80 valence electrons. The van der Waals surface area contributed by atoms with Crippen LogP contribution in [0, 0.1) is 0 Å². The quantitative estimate of drug-likeness (QED) is 0.776. The van der Waals surface area contributed by atoms with Gasteiger partial charge in [-0.15, -0.1) is 0 Å². The summed E-state index contributed by atoms with van der Waals surface area (Å²) in [6, 6.07) is 4.45. The summed E-state index contributed by atoms with van der Waals surface area (Å²) in [6.45, 7) is 0. The fourth-order valence-electron chi connectivity index (χ4n) is 1.85. The summed E-state index contributed by atoms with van der Waals surface area (Å²) in [4.78, 5) is 10.7. The molecule has 0 atom stereocenters. The van der Waals surface area contributed by atoms with Crippen LogP contribution in [0.15, 0.2) is 18.2 Å². The van der Waals surface area contributed by atoms with Crippen LogP contribution in [-0.4, -0.2) is 17.0 Å². The Morgan fingerprint density at radius 2 is 2.07 bits per heavy atom. The highest BCUT2D eigenvalue weighted by Gasteiger charge is 2.34. The highest BCUT2D eigenvalue weighted by Crippen LogP contribution is 2.33. The van der Waals surface area contributed by atoms with E-state index in [2.05, 4.69) is 0 Å². The smallest absolute Gasteiger partial charge is 0.335 e. The third-order valence-corrected chi connectivity index (χ3v) is 2.66. The molecule has 1 aliphatic rings. The minimum Gasteiger partial charge on any atom is -0.478 e. The number of alkyl halides is 2. The van der Waals surface area contributed by atoms with Crippen molar-refractivity contribution in [1.29, 1.82) is 0 Å². The van der Waals surface area contributed by atoms with Crippen LogP contribution in [0.4, 0.5) is 8.78 Å². The molecule has 4 heteroatoms. The largest absolute Gasteiger partial charge is 0.478 e. The lowest BCUT2D eigenvalue weighted by Crippen LogP contribution is -2.26. The highest BCUT2D eigenvalue weighted by atomic mass is 19.3.